The Morgan fingerprint density at radius 3 is 2.39 bits per heavy atom. The fraction of sp³-hybridized carbons (Fsp3) is 0.467. The van der Waals surface area contributed by atoms with E-state index in [0.29, 0.717) is 51.1 Å². The number of urea groups is 1. The van der Waals surface area contributed by atoms with Crippen LogP contribution < -0.4 is 15.4 Å². The predicted octanol–water partition coefficient (Wildman–Crippen LogP) is 2.71. The highest BCUT2D eigenvalue weighted by atomic mass is 16.5. The number of piperidine rings is 1. The molecule has 0 saturated carbocycles. The van der Waals surface area contributed by atoms with Gasteiger partial charge in [0, 0.05) is 45.7 Å². The summed E-state index contributed by atoms with van der Waals surface area (Å²) in [5, 5.41) is 9.68. The summed E-state index contributed by atoms with van der Waals surface area (Å²) in [7, 11) is 0. The average Bonchev–Trinajstić information content (AvgIpc) is 3.51. The summed E-state index contributed by atoms with van der Waals surface area (Å²) in [6, 6.07) is 19.9. The second-order valence-electron chi connectivity index (χ2n) is 10.3. The van der Waals surface area contributed by atoms with Crippen LogP contribution in [0.4, 0.5) is 4.79 Å². The summed E-state index contributed by atoms with van der Waals surface area (Å²) >= 11 is 0. The highest BCUT2D eigenvalue weighted by Gasteiger charge is 2.25. The third-order valence-corrected chi connectivity index (χ3v) is 7.59. The Bertz CT molecular complexity index is 1230. The fourth-order valence-electron chi connectivity index (χ4n) is 5.21. The molecule has 3 heterocycles. The van der Waals surface area contributed by atoms with E-state index in [1.807, 2.05) is 41.3 Å². The van der Waals surface area contributed by atoms with Crippen LogP contribution in [0.1, 0.15) is 40.8 Å². The van der Waals surface area contributed by atoms with Gasteiger partial charge in [0.15, 0.2) is 0 Å². The van der Waals surface area contributed by atoms with Crippen LogP contribution in [0.15, 0.2) is 65.2 Å². The van der Waals surface area contributed by atoms with E-state index in [1.165, 1.54) is 5.56 Å². The first kappa shape index (κ1) is 28.6. The lowest BCUT2D eigenvalue weighted by molar-refractivity contribution is 0.00641. The number of hydrogen-bond donors (Lipinski definition) is 2. The minimum atomic E-state index is -0.414. The molecule has 5 rings (SSSR count). The van der Waals surface area contributed by atoms with Crippen molar-refractivity contribution in [2.75, 3.05) is 59.1 Å². The van der Waals surface area contributed by atoms with E-state index in [9.17, 15) is 9.59 Å². The van der Waals surface area contributed by atoms with Gasteiger partial charge in [0.2, 0.25) is 5.89 Å². The summed E-state index contributed by atoms with van der Waals surface area (Å²) < 4.78 is 16.7. The Hall–Kier alpha value is -3.96. The van der Waals surface area contributed by atoms with Crippen molar-refractivity contribution in [2.24, 2.45) is 0 Å². The number of likely N-dealkylation sites (tertiary alicyclic amines) is 1. The largest absolute Gasteiger partial charge is 0.492 e. The van der Waals surface area contributed by atoms with Gasteiger partial charge in [0.1, 0.15) is 12.4 Å². The molecule has 2 N–H and O–H groups in total. The van der Waals surface area contributed by atoms with Gasteiger partial charge in [-0.05, 0) is 36.5 Å². The summed E-state index contributed by atoms with van der Waals surface area (Å²) in [6.07, 6.45) is 2.24. The van der Waals surface area contributed by atoms with Crippen LogP contribution in [-0.4, -0.2) is 97.0 Å². The molecule has 1 aromatic heterocycles. The number of rotatable bonds is 11. The van der Waals surface area contributed by atoms with Gasteiger partial charge in [-0.2, -0.15) is 4.98 Å². The molecule has 0 spiro atoms. The number of aromatic nitrogens is 2. The zero-order valence-corrected chi connectivity index (χ0v) is 23.2. The monoisotopic (exact) mass is 562 g/mol. The van der Waals surface area contributed by atoms with E-state index >= 15 is 0 Å². The van der Waals surface area contributed by atoms with Crippen LogP contribution in [0.25, 0.3) is 0 Å². The van der Waals surface area contributed by atoms with Crippen LogP contribution in [0.3, 0.4) is 0 Å². The number of carbonyl (C=O) groups is 2. The Kier molecular flexibility index (Phi) is 10.2. The first-order valence-electron chi connectivity index (χ1n) is 14.3. The van der Waals surface area contributed by atoms with E-state index in [0.717, 1.165) is 44.8 Å². The lowest BCUT2D eigenvalue weighted by Gasteiger charge is -2.34. The van der Waals surface area contributed by atoms with Crippen LogP contribution in [0.2, 0.25) is 0 Å². The third-order valence-electron chi connectivity index (χ3n) is 7.59. The molecule has 1 unspecified atom stereocenters. The molecule has 2 aromatic carbocycles. The van der Waals surface area contributed by atoms with E-state index in [4.69, 9.17) is 14.0 Å². The normalized spacial score (nSPS) is 17.1. The molecule has 2 aliphatic rings. The van der Waals surface area contributed by atoms with Crippen molar-refractivity contribution in [3.8, 4) is 5.75 Å². The lowest BCUT2D eigenvalue weighted by atomic mass is 9.90. The quantitative estimate of drug-likeness (QED) is 0.366. The molecule has 2 aliphatic heterocycles. The molecule has 0 aliphatic carbocycles. The molecule has 0 radical (unpaired) electrons. The summed E-state index contributed by atoms with van der Waals surface area (Å²) in [5.41, 5.74) is 1.33. The zero-order valence-electron chi connectivity index (χ0n) is 23.2. The molecule has 1 atom stereocenters. The second kappa shape index (κ2) is 14.6. The number of nitrogens with one attached hydrogen (secondary N) is 2. The molecule has 3 amide bonds. The average molecular weight is 563 g/mol. The molecule has 2 fully saturated rings. The molecule has 11 nitrogen and oxygen atoms in total. The smallest absolute Gasteiger partial charge is 0.317 e. The van der Waals surface area contributed by atoms with E-state index in [1.54, 1.807) is 0 Å². The SMILES string of the molecule is O=C(NCC(COc1ccccc1)N1CCOCC1)c1noc(CCNC(=O)N2CCC(c3ccccc3)CC2)n1. The lowest BCUT2D eigenvalue weighted by Crippen LogP contribution is -2.51. The number of hydrogen-bond acceptors (Lipinski definition) is 8. The minimum absolute atomic E-state index is 0.0287. The summed E-state index contributed by atoms with van der Waals surface area (Å²) in [5.74, 6) is 1.13. The number of benzene rings is 2. The molecule has 0 bridgehead atoms. The maximum Gasteiger partial charge on any atom is 0.317 e. The highest BCUT2D eigenvalue weighted by Crippen LogP contribution is 2.27. The van der Waals surface area contributed by atoms with E-state index in [-0.39, 0.29) is 17.9 Å². The number of para-hydroxylation sites is 1. The van der Waals surface area contributed by atoms with Crippen molar-refractivity contribution in [3.05, 3.63) is 77.9 Å². The maximum absolute atomic E-state index is 12.8. The molecular formula is C30H38N6O5. The topological polar surface area (TPSA) is 122 Å². The first-order valence-corrected chi connectivity index (χ1v) is 14.3. The van der Waals surface area contributed by atoms with Crippen molar-refractivity contribution >= 4 is 11.9 Å². The highest BCUT2D eigenvalue weighted by molar-refractivity contribution is 5.90. The van der Waals surface area contributed by atoms with E-state index in [2.05, 4.69) is 49.9 Å². The van der Waals surface area contributed by atoms with Crippen molar-refractivity contribution in [2.45, 2.75) is 31.2 Å². The van der Waals surface area contributed by atoms with Crippen LogP contribution in [0, 0.1) is 0 Å². The van der Waals surface area contributed by atoms with Gasteiger partial charge in [-0.1, -0.05) is 53.7 Å². The maximum atomic E-state index is 12.8. The molecule has 3 aromatic rings. The van der Waals surface area contributed by atoms with Gasteiger partial charge in [-0.3, -0.25) is 9.69 Å². The zero-order chi connectivity index (χ0) is 28.3. The standard InChI is InChI=1S/C30H38N6O5/c37-29(32-21-25(35-17-19-39-20-18-35)22-40-26-9-5-2-6-10-26)28-33-27(41-34-28)11-14-31-30(38)36-15-12-24(13-16-36)23-7-3-1-4-8-23/h1-10,24-25H,11-22H2,(H,31,38)(H,32,37). The number of carbonyl (C=O) groups excluding carboxylic acids is 2. The van der Waals surface area contributed by atoms with Gasteiger partial charge in [-0.25, -0.2) is 4.79 Å². The second-order valence-corrected chi connectivity index (χ2v) is 10.3. The third kappa shape index (κ3) is 8.27. The summed E-state index contributed by atoms with van der Waals surface area (Å²) in [6.45, 7) is 5.40. The molecule has 2 saturated heterocycles. The fourth-order valence-corrected chi connectivity index (χ4v) is 5.21. The van der Waals surface area contributed by atoms with Crippen LogP contribution in [0.5, 0.6) is 5.75 Å². The number of ether oxygens (including phenoxy) is 2. The van der Waals surface area contributed by atoms with E-state index < -0.39 is 5.91 Å². The molecule has 11 heteroatoms. The number of nitrogens with zero attached hydrogens (tertiary/aromatic N) is 4. The first-order chi connectivity index (χ1) is 20.2. The van der Waals surface area contributed by atoms with Crippen molar-refractivity contribution in [1.29, 1.82) is 0 Å². The van der Waals surface area contributed by atoms with Crippen LogP contribution >= 0.6 is 0 Å². The number of amides is 3. The number of morpholine rings is 1. The minimum Gasteiger partial charge on any atom is -0.492 e. The molecular weight excluding hydrogens is 524 g/mol. The van der Waals surface area contributed by atoms with Crippen molar-refractivity contribution < 1.29 is 23.6 Å². The summed E-state index contributed by atoms with van der Waals surface area (Å²) in [4.78, 5) is 33.7. The molecule has 41 heavy (non-hydrogen) atoms. The van der Waals surface area contributed by atoms with Crippen molar-refractivity contribution in [1.82, 2.24) is 30.6 Å². The molecule has 218 valence electrons. The van der Waals surface area contributed by atoms with Gasteiger partial charge in [0.25, 0.3) is 11.7 Å². The van der Waals surface area contributed by atoms with Gasteiger partial charge < -0.3 is 29.5 Å². The van der Waals surface area contributed by atoms with Crippen molar-refractivity contribution in [3.63, 3.8) is 0 Å². The Balaban J connectivity index is 1.04. The predicted molar refractivity (Wildman–Crippen MR) is 152 cm³/mol. The van der Waals surface area contributed by atoms with Gasteiger partial charge in [0.05, 0.1) is 19.3 Å². The van der Waals surface area contributed by atoms with Gasteiger partial charge >= 0.3 is 6.03 Å². The van der Waals surface area contributed by atoms with Crippen LogP contribution in [-0.2, 0) is 11.2 Å². The Morgan fingerprint density at radius 1 is 0.951 bits per heavy atom. The Morgan fingerprint density at radius 2 is 1.66 bits per heavy atom. The van der Waals surface area contributed by atoms with Gasteiger partial charge in [-0.15, -0.1) is 0 Å². The Labute approximate surface area is 240 Å².